The first-order chi connectivity index (χ1) is 14.6. The smallest absolute Gasteiger partial charge is 0.270 e. The lowest BCUT2D eigenvalue weighted by Crippen LogP contribution is -2.27. The minimum atomic E-state index is -0.343. The van der Waals surface area contributed by atoms with Crippen molar-refractivity contribution in [2.75, 3.05) is 0 Å². The normalized spacial score (nSPS) is 10.5. The second-order valence-electron chi connectivity index (χ2n) is 6.81. The van der Waals surface area contributed by atoms with Gasteiger partial charge in [-0.25, -0.2) is 4.98 Å². The maximum atomic E-state index is 12.4. The summed E-state index contributed by atoms with van der Waals surface area (Å²) in [7, 11) is 0. The Hall–Kier alpha value is -3.55. The Morgan fingerprint density at radius 1 is 0.633 bits per heavy atom. The monoisotopic (exact) mass is 403 g/mol. The van der Waals surface area contributed by atoms with E-state index in [9.17, 15) is 9.59 Å². The molecule has 0 aliphatic heterocycles. The van der Waals surface area contributed by atoms with Gasteiger partial charge in [0.25, 0.3) is 11.8 Å². The van der Waals surface area contributed by atoms with Crippen molar-refractivity contribution in [1.29, 1.82) is 0 Å². The summed E-state index contributed by atoms with van der Waals surface area (Å²) in [5.74, 6) is -0.685. The van der Waals surface area contributed by atoms with E-state index >= 15 is 0 Å². The largest absolute Gasteiger partial charge is 0.347 e. The maximum Gasteiger partial charge on any atom is 0.270 e. The Kier molecular flexibility index (Phi) is 7.26. The zero-order valence-electron chi connectivity index (χ0n) is 16.6. The van der Waals surface area contributed by atoms with E-state index in [0.717, 1.165) is 22.3 Å². The van der Waals surface area contributed by atoms with Crippen LogP contribution in [0.4, 0.5) is 0 Å². The molecule has 7 heteroatoms. The molecule has 1 aromatic heterocycles. The SMILES string of the molecule is NCc1ccc(CNC(=O)c2cccc(C(=O)NCc3ccc(CN)cc3)n2)cc1. The van der Waals surface area contributed by atoms with Crippen LogP contribution in [0.25, 0.3) is 0 Å². The molecular weight excluding hydrogens is 378 g/mol. The third kappa shape index (κ3) is 5.73. The second kappa shape index (κ2) is 10.3. The van der Waals surface area contributed by atoms with Gasteiger partial charge in [0, 0.05) is 26.2 Å². The maximum absolute atomic E-state index is 12.4. The summed E-state index contributed by atoms with van der Waals surface area (Å²) in [6, 6.07) is 20.2. The molecule has 0 aliphatic carbocycles. The molecule has 0 unspecified atom stereocenters. The van der Waals surface area contributed by atoms with Crippen molar-refractivity contribution in [1.82, 2.24) is 15.6 Å². The Morgan fingerprint density at radius 3 is 1.37 bits per heavy atom. The van der Waals surface area contributed by atoms with E-state index in [1.54, 1.807) is 18.2 Å². The first-order valence-electron chi connectivity index (χ1n) is 9.68. The molecule has 7 nitrogen and oxygen atoms in total. The van der Waals surface area contributed by atoms with Gasteiger partial charge in [-0.15, -0.1) is 0 Å². The van der Waals surface area contributed by atoms with Crippen molar-refractivity contribution >= 4 is 11.8 Å². The summed E-state index contributed by atoms with van der Waals surface area (Å²) >= 11 is 0. The standard InChI is InChI=1S/C23H25N5O2/c24-12-16-4-8-18(9-5-16)14-26-22(29)20-2-1-3-21(28-20)23(30)27-15-19-10-6-17(13-25)7-11-19/h1-11H,12-15,24-25H2,(H,26,29)(H,27,30). The fourth-order valence-corrected chi connectivity index (χ4v) is 2.82. The first-order valence-corrected chi connectivity index (χ1v) is 9.68. The molecule has 0 saturated heterocycles. The van der Waals surface area contributed by atoms with E-state index in [-0.39, 0.29) is 23.2 Å². The Balaban J connectivity index is 1.56. The van der Waals surface area contributed by atoms with Crippen LogP contribution in [0.5, 0.6) is 0 Å². The van der Waals surface area contributed by atoms with E-state index in [1.807, 2.05) is 48.5 Å². The van der Waals surface area contributed by atoms with Crippen LogP contribution in [-0.2, 0) is 26.2 Å². The molecule has 0 bridgehead atoms. The van der Waals surface area contributed by atoms with Gasteiger partial charge < -0.3 is 22.1 Å². The van der Waals surface area contributed by atoms with Crippen molar-refractivity contribution in [3.05, 3.63) is 100 Å². The Labute approximate surface area is 175 Å². The van der Waals surface area contributed by atoms with Crippen molar-refractivity contribution in [3.8, 4) is 0 Å². The number of carbonyl (C=O) groups is 2. The molecule has 1 heterocycles. The van der Waals surface area contributed by atoms with Gasteiger partial charge in [0.05, 0.1) is 0 Å². The highest BCUT2D eigenvalue weighted by Crippen LogP contribution is 2.06. The molecule has 2 aromatic carbocycles. The van der Waals surface area contributed by atoms with E-state index in [0.29, 0.717) is 26.2 Å². The molecule has 2 amide bonds. The minimum absolute atomic E-state index is 0.188. The fraction of sp³-hybridized carbons (Fsp3) is 0.174. The first kappa shape index (κ1) is 21.2. The number of carbonyl (C=O) groups excluding carboxylic acids is 2. The lowest BCUT2D eigenvalue weighted by Gasteiger charge is -2.08. The summed E-state index contributed by atoms with van der Waals surface area (Å²) in [6.07, 6.45) is 0. The van der Waals surface area contributed by atoms with Crippen molar-refractivity contribution < 1.29 is 9.59 Å². The summed E-state index contributed by atoms with van der Waals surface area (Å²) in [5.41, 5.74) is 15.5. The number of pyridine rings is 1. The van der Waals surface area contributed by atoms with E-state index in [1.165, 1.54) is 0 Å². The number of hydrogen-bond donors (Lipinski definition) is 4. The van der Waals surface area contributed by atoms with Crippen LogP contribution in [0.1, 0.15) is 43.2 Å². The van der Waals surface area contributed by atoms with Crippen molar-refractivity contribution in [3.63, 3.8) is 0 Å². The number of benzene rings is 2. The number of aromatic nitrogens is 1. The second-order valence-corrected chi connectivity index (χ2v) is 6.81. The van der Waals surface area contributed by atoms with Gasteiger partial charge in [0.1, 0.15) is 11.4 Å². The molecule has 3 aromatic rings. The summed E-state index contributed by atoms with van der Waals surface area (Å²) < 4.78 is 0. The van der Waals surface area contributed by atoms with Gasteiger partial charge in [-0.2, -0.15) is 0 Å². The van der Waals surface area contributed by atoms with Gasteiger partial charge in [-0.3, -0.25) is 9.59 Å². The van der Waals surface area contributed by atoms with Gasteiger partial charge >= 0.3 is 0 Å². The topological polar surface area (TPSA) is 123 Å². The number of nitrogens with two attached hydrogens (primary N) is 2. The average molecular weight is 403 g/mol. The predicted octanol–water partition coefficient (Wildman–Crippen LogP) is 1.86. The molecular formula is C23H25N5O2. The zero-order chi connectivity index (χ0) is 21.3. The summed E-state index contributed by atoms with van der Waals surface area (Å²) in [5, 5.41) is 5.63. The van der Waals surface area contributed by atoms with Crippen LogP contribution in [0, 0.1) is 0 Å². The number of amides is 2. The highest BCUT2D eigenvalue weighted by molar-refractivity contribution is 5.96. The van der Waals surface area contributed by atoms with Crippen LogP contribution in [0.3, 0.4) is 0 Å². The lowest BCUT2D eigenvalue weighted by molar-refractivity contribution is 0.0941. The van der Waals surface area contributed by atoms with Gasteiger partial charge in [0.15, 0.2) is 0 Å². The molecule has 0 atom stereocenters. The average Bonchev–Trinajstić information content (AvgIpc) is 2.81. The minimum Gasteiger partial charge on any atom is -0.347 e. The number of nitrogens with zero attached hydrogens (tertiary/aromatic N) is 1. The van der Waals surface area contributed by atoms with Crippen LogP contribution in [-0.4, -0.2) is 16.8 Å². The third-order valence-electron chi connectivity index (χ3n) is 4.64. The molecule has 0 spiro atoms. The van der Waals surface area contributed by atoms with Crippen molar-refractivity contribution in [2.45, 2.75) is 26.2 Å². The van der Waals surface area contributed by atoms with E-state index in [2.05, 4.69) is 15.6 Å². The summed E-state index contributed by atoms with van der Waals surface area (Å²) in [6.45, 7) is 1.68. The zero-order valence-corrected chi connectivity index (χ0v) is 16.6. The van der Waals surface area contributed by atoms with Crippen LogP contribution >= 0.6 is 0 Å². The van der Waals surface area contributed by atoms with Crippen molar-refractivity contribution in [2.24, 2.45) is 11.5 Å². The highest BCUT2D eigenvalue weighted by atomic mass is 16.2. The molecule has 30 heavy (non-hydrogen) atoms. The Bertz CT molecular complexity index is 922. The lowest BCUT2D eigenvalue weighted by atomic mass is 10.1. The van der Waals surface area contributed by atoms with Gasteiger partial charge in [0.2, 0.25) is 0 Å². The van der Waals surface area contributed by atoms with Crippen LogP contribution < -0.4 is 22.1 Å². The number of hydrogen-bond acceptors (Lipinski definition) is 5. The van der Waals surface area contributed by atoms with Gasteiger partial charge in [-0.1, -0.05) is 54.6 Å². The van der Waals surface area contributed by atoms with E-state index in [4.69, 9.17) is 11.5 Å². The fourth-order valence-electron chi connectivity index (χ4n) is 2.82. The molecule has 0 radical (unpaired) electrons. The predicted molar refractivity (Wildman–Crippen MR) is 115 cm³/mol. The number of rotatable bonds is 8. The molecule has 0 saturated carbocycles. The summed E-state index contributed by atoms with van der Waals surface area (Å²) in [4.78, 5) is 29.0. The third-order valence-corrected chi connectivity index (χ3v) is 4.64. The highest BCUT2D eigenvalue weighted by Gasteiger charge is 2.12. The molecule has 3 rings (SSSR count). The van der Waals surface area contributed by atoms with E-state index < -0.39 is 0 Å². The van der Waals surface area contributed by atoms with Gasteiger partial charge in [-0.05, 0) is 34.4 Å². The molecule has 0 aliphatic rings. The van der Waals surface area contributed by atoms with Crippen LogP contribution in [0.2, 0.25) is 0 Å². The molecule has 0 fully saturated rings. The molecule has 6 N–H and O–H groups in total. The number of nitrogens with one attached hydrogen (secondary N) is 2. The Morgan fingerprint density at radius 2 is 1.00 bits per heavy atom. The quantitative estimate of drug-likeness (QED) is 0.457. The van der Waals surface area contributed by atoms with Crippen LogP contribution in [0.15, 0.2) is 66.7 Å². The molecule has 154 valence electrons.